The van der Waals surface area contributed by atoms with E-state index in [9.17, 15) is 4.79 Å². The maximum atomic E-state index is 12.2. The molecular weight excluding hydrogens is 266 g/mol. The first-order valence-corrected chi connectivity index (χ1v) is 7.16. The fourth-order valence-electron chi connectivity index (χ4n) is 2.53. The number of rotatable bonds is 4. The third-order valence-corrected chi connectivity index (χ3v) is 3.49. The highest BCUT2D eigenvalue weighted by Gasteiger charge is 2.26. The highest BCUT2D eigenvalue weighted by Crippen LogP contribution is 2.32. The van der Waals surface area contributed by atoms with Gasteiger partial charge in [-0.1, -0.05) is 26.0 Å². The predicted molar refractivity (Wildman–Crippen MR) is 80.2 cm³/mol. The third-order valence-electron chi connectivity index (χ3n) is 3.49. The van der Waals surface area contributed by atoms with Gasteiger partial charge in [-0.2, -0.15) is 0 Å². The lowest BCUT2D eigenvalue weighted by molar-refractivity contribution is -0.121. The van der Waals surface area contributed by atoms with Crippen LogP contribution in [0.15, 0.2) is 36.8 Å². The van der Waals surface area contributed by atoms with E-state index in [0.717, 1.165) is 23.7 Å². The van der Waals surface area contributed by atoms with E-state index in [1.165, 1.54) is 0 Å². The zero-order chi connectivity index (χ0) is 14.8. The van der Waals surface area contributed by atoms with E-state index in [2.05, 4.69) is 23.4 Å². The molecule has 3 rings (SSSR count). The lowest BCUT2D eigenvalue weighted by atomic mass is 10.2. The summed E-state index contributed by atoms with van der Waals surface area (Å²) in [5.41, 5.74) is 1.86. The second kappa shape index (κ2) is 5.60. The Balaban J connectivity index is 1.88. The summed E-state index contributed by atoms with van der Waals surface area (Å²) < 4.78 is 7.57. The van der Waals surface area contributed by atoms with Crippen molar-refractivity contribution in [1.82, 2.24) is 9.55 Å². The van der Waals surface area contributed by atoms with Crippen LogP contribution in [0.3, 0.4) is 0 Å². The maximum Gasteiger partial charge on any atom is 0.265 e. The van der Waals surface area contributed by atoms with E-state index in [1.807, 2.05) is 36.8 Å². The van der Waals surface area contributed by atoms with Gasteiger partial charge < -0.3 is 9.30 Å². The van der Waals surface area contributed by atoms with E-state index in [4.69, 9.17) is 4.74 Å². The quantitative estimate of drug-likeness (QED) is 0.867. The zero-order valence-corrected chi connectivity index (χ0v) is 12.3. The first-order valence-electron chi connectivity index (χ1n) is 7.16. The molecule has 5 heteroatoms. The van der Waals surface area contributed by atoms with Crippen molar-refractivity contribution < 1.29 is 9.53 Å². The van der Waals surface area contributed by atoms with Gasteiger partial charge in [0, 0.05) is 12.7 Å². The van der Waals surface area contributed by atoms with Crippen molar-refractivity contribution in [2.24, 2.45) is 5.92 Å². The van der Waals surface area contributed by atoms with Gasteiger partial charge in [-0.3, -0.25) is 9.69 Å². The number of carbonyl (C=O) groups is 1. The summed E-state index contributed by atoms with van der Waals surface area (Å²) in [6.45, 7) is 5.84. The maximum absolute atomic E-state index is 12.2. The summed E-state index contributed by atoms with van der Waals surface area (Å²) >= 11 is 0. The van der Waals surface area contributed by atoms with Gasteiger partial charge in [0.1, 0.15) is 5.75 Å². The Bertz CT molecular complexity index is 648. The molecule has 1 aromatic heterocycles. The molecule has 0 unspecified atom stereocenters. The Labute approximate surface area is 124 Å². The van der Waals surface area contributed by atoms with Gasteiger partial charge in [-0.25, -0.2) is 4.98 Å². The van der Waals surface area contributed by atoms with Crippen LogP contribution in [0.1, 0.15) is 19.5 Å². The van der Waals surface area contributed by atoms with Gasteiger partial charge in [0.15, 0.2) is 6.61 Å². The number of amides is 1. The van der Waals surface area contributed by atoms with Crippen LogP contribution in [-0.2, 0) is 17.9 Å². The summed E-state index contributed by atoms with van der Waals surface area (Å²) in [5.74, 6) is 1.27. The topological polar surface area (TPSA) is 47.4 Å². The Kier molecular flexibility index (Phi) is 3.64. The lowest BCUT2D eigenvalue weighted by Crippen LogP contribution is -2.38. The monoisotopic (exact) mass is 285 g/mol. The predicted octanol–water partition coefficient (Wildman–Crippen LogP) is 2.46. The van der Waals surface area contributed by atoms with Gasteiger partial charge >= 0.3 is 0 Å². The first kappa shape index (κ1) is 13.7. The summed E-state index contributed by atoms with van der Waals surface area (Å²) in [5, 5.41) is 0. The average molecular weight is 285 g/mol. The molecule has 21 heavy (non-hydrogen) atoms. The van der Waals surface area contributed by atoms with Crippen molar-refractivity contribution in [2.75, 3.05) is 11.5 Å². The standard InChI is InChI=1S/C16H19N3O2/c1-12(2)8-18-11-17-7-13(18)9-19-14-5-3-4-6-15(14)21-10-16(19)20/h3-7,11-12H,8-10H2,1-2H3. The molecule has 1 amide bonds. The smallest absolute Gasteiger partial charge is 0.265 e. The summed E-state index contributed by atoms with van der Waals surface area (Å²) in [7, 11) is 0. The second-order valence-corrected chi connectivity index (χ2v) is 5.67. The van der Waals surface area contributed by atoms with Crippen molar-refractivity contribution in [1.29, 1.82) is 0 Å². The van der Waals surface area contributed by atoms with Gasteiger partial charge in [-0.05, 0) is 18.1 Å². The number of benzene rings is 1. The minimum atomic E-state index is -0.0222. The number of hydrogen-bond donors (Lipinski definition) is 0. The SMILES string of the molecule is CC(C)Cn1cncc1CN1C(=O)COc2ccccc21. The molecule has 0 radical (unpaired) electrons. The molecule has 0 saturated heterocycles. The van der Waals surface area contributed by atoms with Crippen LogP contribution in [0, 0.1) is 5.92 Å². The molecule has 0 aliphatic carbocycles. The van der Waals surface area contributed by atoms with Crippen LogP contribution >= 0.6 is 0 Å². The fraction of sp³-hybridized carbons (Fsp3) is 0.375. The molecule has 0 N–H and O–H groups in total. The molecule has 2 heterocycles. The lowest BCUT2D eigenvalue weighted by Gasteiger charge is -2.29. The highest BCUT2D eigenvalue weighted by atomic mass is 16.5. The third kappa shape index (κ3) is 2.77. The van der Waals surface area contributed by atoms with Crippen LogP contribution in [-0.4, -0.2) is 22.1 Å². The second-order valence-electron chi connectivity index (χ2n) is 5.67. The molecule has 2 aromatic rings. The molecule has 1 aliphatic heterocycles. The largest absolute Gasteiger partial charge is 0.482 e. The van der Waals surface area contributed by atoms with Gasteiger partial charge in [0.2, 0.25) is 0 Å². The Morgan fingerprint density at radius 3 is 2.95 bits per heavy atom. The average Bonchev–Trinajstić information content (AvgIpc) is 2.88. The highest BCUT2D eigenvalue weighted by molar-refractivity contribution is 5.97. The molecule has 0 saturated carbocycles. The fourth-order valence-corrected chi connectivity index (χ4v) is 2.53. The molecule has 110 valence electrons. The summed E-state index contributed by atoms with van der Waals surface area (Å²) in [6.07, 6.45) is 3.65. The van der Waals surface area contributed by atoms with E-state index in [0.29, 0.717) is 12.5 Å². The van der Waals surface area contributed by atoms with Gasteiger partial charge in [0.05, 0.1) is 24.3 Å². The van der Waals surface area contributed by atoms with Crippen LogP contribution in [0.5, 0.6) is 5.75 Å². The van der Waals surface area contributed by atoms with E-state index < -0.39 is 0 Å². The number of aromatic nitrogens is 2. The number of anilines is 1. The molecule has 5 nitrogen and oxygen atoms in total. The summed E-state index contributed by atoms with van der Waals surface area (Å²) in [4.78, 5) is 18.2. The Morgan fingerprint density at radius 1 is 1.33 bits per heavy atom. The number of nitrogens with zero attached hydrogens (tertiary/aromatic N) is 3. The minimum absolute atomic E-state index is 0.0222. The van der Waals surface area contributed by atoms with Crippen molar-refractivity contribution in [3.8, 4) is 5.75 Å². The van der Waals surface area contributed by atoms with Gasteiger partial charge in [0.25, 0.3) is 5.91 Å². The van der Waals surface area contributed by atoms with Crippen LogP contribution in [0.2, 0.25) is 0 Å². The van der Waals surface area contributed by atoms with Crippen molar-refractivity contribution in [3.63, 3.8) is 0 Å². The minimum Gasteiger partial charge on any atom is -0.482 e. The number of ether oxygens (including phenoxy) is 1. The number of para-hydroxylation sites is 2. The molecule has 0 bridgehead atoms. The number of imidazole rings is 1. The van der Waals surface area contributed by atoms with Gasteiger partial charge in [-0.15, -0.1) is 0 Å². The molecule has 0 atom stereocenters. The first-order chi connectivity index (χ1) is 10.1. The molecular formula is C16H19N3O2. The molecule has 0 spiro atoms. The normalized spacial score (nSPS) is 14.2. The van der Waals surface area contributed by atoms with Crippen molar-refractivity contribution in [2.45, 2.75) is 26.9 Å². The Hall–Kier alpha value is -2.30. The van der Waals surface area contributed by atoms with E-state index in [-0.39, 0.29) is 12.5 Å². The van der Waals surface area contributed by atoms with Crippen LogP contribution in [0.4, 0.5) is 5.69 Å². The zero-order valence-electron chi connectivity index (χ0n) is 12.3. The van der Waals surface area contributed by atoms with E-state index >= 15 is 0 Å². The van der Waals surface area contributed by atoms with Crippen molar-refractivity contribution >= 4 is 11.6 Å². The summed E-state index contributed by atoms with van der Waals surface area (Å²) in [6, 6.07) is 7.63. The number of fused-ring (bicyclic) bond motifs is 1. The van der Waals surface area contributed by atoms with E-state index in [1.54, 1.807) is 4.90 Å². The molecule has 1 aromatic carbocycles. The van der Waals surface area contributed by atoms with Crippen molar-refractivity contribution in [3.05, 3.63) is 42.5 Å². The number of hydrogen-bond acceptors (Lipinski definition) is 3. The van der Waals surface area contributed by atoms with Crippen LogP contribution in [0.25, 0.3) is 0 Å². The molecule has 0 fully saturated rings. The van der Waals surface area contributed by atoms with Crippen LogP contribution < -0.4 is 9.64 Å². The Morgan fingerprint density at radius 2 is 2.14 bits per heavy atom. The molecule has 1 aliphatic rings. The number of carbonyl (C=O) groups excluding carboxylic acids is 1.